The zero-order valence-electron chi connectivity index (χ0n) is 16.8. The fraction of sp³-hybridized carbons (Fsp3) is 0.381. The van der Waals surface area contributed by atoms with Gasteiger partial charge in [-0.05, 0) is 36.1 Å². The molecule has 0 saturated heterocycles. The van der Waals surface area contributed by atoms with Gasteiger partial charge in [-0.1, -0.05) is 44.2 Å². The molecule has 1 N–H and O–H groups in total. The van der Waals surface area contributed by atoms with Crippen molar-refractivity contribution in [1.29, 1.82) is 0 Å². The molecule has 0 aliphatic carbocycles. The van der Waals surface area contributed by atoms with Gasteiger partial charge < -0.3 is 10.1 Å². The van der Waals surface area contributed by atoms with Gasteiger partial charge in [0, 0.05) is 18.7 Å². The Morgan fingerprint density at radius 2 is 1.75 bits per heavy atom. The summed E-state index contributed by atoms with van der Waals surface area (Å²) in [4.78, 5) is 12.4. The number of hydrogen-bond acceptors (Lipinski definition) is 4. The third-order valence-corrected chi connectivity index (χ3v) is 5.56. The van der Waals surface area contributed by atoms with E-state index in [1.165, 1.54) is 11.4 Å². The van der Waals surface area contributed by atoms with Crippen molar-refractivity contribution in [3.63, 3.8) is 0 Å². The monoisotopic (exact) mass is 404 g/mol. The van der Waals surface area contributed by atoms with Crippen LogP contribution in [0.5, 0.6) is 5.75 Å². The summed E-state index contributed by atoms with van der Waals surface area (Å²) >= 11 is 0. The Kier molecular flexibility index (Phi) is 7.45. The van der Waals surface area contributed by atoms with Gasteiger partial charge in [-0.15, -0.1) is 0 Å². The minimum Gasteiger partial charge on any atom is -0.495 e. The van der Waals surface area contributed by atoms with E-state index in [0.717, 1.165) is 17.5 Å². The van der Waals surface area contributed by atoms with Crippen molar-refractivity contribution in [2.45, 2.75) is 32.6 Å². The standard InChI is InChI=1S/C21H28N2O4S/c1-16(2)17-10-5-6-11-18(17)22-21(24)14-9-15-23(28(4,25)26)19-12-7-8-13-20(19)27-3/h5-8,10-13,16H,9,14-15H2,1-4H3,(H,22,24). The number of nitrogens with zero attached hydrogens (tertiary/aromatic N) is 1. The molecule has 0 aliphatic rings. The molecule has 1 amide bonds. The second kappa shape index (κ2) is 9.59. The highest BCUT2D eigenvalue weighted by atomic mass is 32.2. The average molecular weight is 405 g/mol. The van der Waals surface area contributed by atoms with Crippen molar-refractivity contribution in [2.24, 2.45) is 0 Å². The van der Waals surface area contributed by atoms with E-state index < -0.39 is 10.0 Å². The molecule has 0 saturated carbocycles. The number of nitrogens with one attached hydrogen (secondary N) is 1. The van der Waals surface area contributed by atoms with Gasteiger partial charge in [0.15, 0.2) is 0 Å². The second-order valence-electron chi connectivity index (χ2n) is 6.90. The molecule has 152 valence electrons. The number of para-hydroxylation sites is 3. The molecule has 0 spiro atoms. The topological polar surface area (TPSA) is 75.7 Å². The number of carbonyl (C=O) groups excluding carboxylic acids is 1. The number of sulfonamides is 1. The predicted octanol–water partition coefficient (Wildman–Crippen LogP) is 4.00. The summed E-state index contributed by atoms with van der Waals surface area (Å²) in [5.74, 6) is 0.632. The lowest BCUT2D eigenvalue weighted by Gasteiger charge is -2.24. The zero-order valence-corrected chi connectivity index (χ0v) is 17.6. The van der Waals surface area contributed by atoms with E-state index in [4.69, 9.17) is 4.74 Å². The number of hydrogen-bond donors (Lipinski definition) is 1. The van der Waals surface area contributed by atoms with E-state index in [0.29, 0.717) is 23.8 Å². The Balaban J connectivity index is 2.04. The summed E-state index contributed by atoms with van der Waals surface area (Å²) < 4.78 is 31.1. The van der Waals surface area contributed by atoms with Crippen LogP contribution in [0.3, 0.4) is 0 Å². The fourth-order valence-electron chi connectivity index (χ4n) is 3.01. The van der Waals surface area contributed by atoms with Crippen molar-refractivity contribution in [1.82, 2.24) is 0 Å². The molecule has 0 aromatic heterocycles. The summed E-state index contributed by atoms with van der Waals surface area (Å²) in [6.07, 6.45) is 1.76. The van der Waals surface area contributed by atoms with Crippen LogP contribution in [0.25, 0.3) is 0 Å². The summed E-state index contributed by atoms with van der Waals surface area (Å²) in [5, 5.41) is 2.94. The molecule has 2 aromatic carbocycles. The Hall–Kier alpha value is -2.54. The van der Waals surface area contributed by atoms with Crippen LogP contribution in [0.15, 0.2) is 48.5 Å². The number of anilines is 2. The van der Waals surface area contributed by atoms with E-state index in [-0.39, 0.29) is 18.9 Å². The molecule has 2 aromatic rings. The lowest BCUT2D eigenvalue weighted by molar-refractivity contribution is -0.116. The summed E-state index contributed by atoms with van der Waals surface area (Å²) in [7, 11) is -2.00. The molecular formula is C21H28N2O4S. The normalized spacial score (nSPS) is 11.3. The van der Waals surface area contributed by atoms with Crippen molar-refractivity contribution >= 4 is 27.3 Å². The van der Waals surface area contributed by atoms with Crippen LogP contribution in [0, 0.1) is 0 Å². The van der Waals surface area contributed by atoms with Gasteiger partial charge in [-0.3, -0.25) is 9.10 Å². The summed E-state index contributed by atoms with van der Waals surface area (Å²) in [6.45, 7) is 4.34. The Morgan fingerprint density at radius 3 is 2.39 bits per heavy atom. The van der Waals surface area contributed by atoms with E-state index in [1.54, 1.807) is 24.3 Å². The predicted molar refractivity (Wildman–Crippen MR) is 114 cm³/mol. The summed E-state index contributed by atoms with van der Waals surface area (Å²) in [5.41, 5.74) is 2.34. The van der Waals surface area contributed by atoms with Crippen molar-refractivity contribution in [3.05, 3.63) is 54.1 Å². The van der Waals surface area contributed by atoms with Gasteiger partial charge in [0.2, 0.25) is 15.9 Å². The molecule has 6 nitrogen and oxygen atoms in total. The van der Waals surface area contributed by atoms with E-state index >= 15 is 0 Å². The van der Waals surface area contributed by atoms with Crippen LogP contribution in [-0.2, 0) is 14.8 Å². The first kappa shape index (κ1) is 21.8. The first-order chi connectivity index (χ1) is 13.2. The molecule has 0 radical (unpaired) electrons. The highest BCUT2D eigenvalue weighted by Gasteiger charge is 2.21. The zero-order chi connectivity index (χ0) is 20.7. The van der Waals surface area contributed by atoms with Crippen LogP contribution in [0.1, 0.15) is 38.2 Å². The summed E-state index contributed by atoms with van der Waals surface area (Å²) in [6, 6.07) is 14.6. The Labute approximate surface area is 167 Å². The van der Waals surface area contributed by atoms with Crippen LogP contribution in [0.2, 0.25) is 0 Å². The molecule has 0 fully saturated rings. The minimum absolute atomic E-state index is 0.137. The van der Waals surface area contributed by atoms with Crippen molar-refractivity contribution in [2.75, 3.05) is 29.5 Å². The molecule has 0 aliphatic heterocycles. The van der Waals surface area contributed by atoms with Crippen LogP contribution in [0.4, 0.5) is 11.4 Å². The van der Waals surface area contributed by atoms with Gasteiger partial charge in [0.1, 0.15) is 5.75 Å². The number of benzene rings is 2. The van der Waals surface area contributed by atoms with Crippen molar-refractivity contribution in [3.8, 4) is 5.75 Å². The lowest BCUT2D eigenvalue weighted by Crippen LogP contribution is -2.31. The SMILES string of the molecule is COc1ccccc1N(CCCC(=O)Nc1ccccc1C(C)C)S(C)(=O)=O. The minimum atomic E-state index is -3.50. The molecule has 2 rings (SSSR count). The molecule has 7 heteroatoms. The lowest BCUT2D eigenvalue weighted by atomic mass is 10.0. The third-order valence-electron chi connectivity index (χ3n) is 4.38. The van der Waals surface area contributed by atoms with E-state index in [1.807, 2.05) is 24.3 Å². The molecule has 0 bridgehead atoms. The highest BCUT2D eigenvalue weighted by molar-refractivity contribution is 7.92. The van der Waals surface area contributed by atoms with Gasteiger partial charge in [0.25, 0.3) is 0 Å². The molecule has 0 heterocycles. The maximum atomic E-state index is 12.4. The Morgan fingerprint density at radius 1 is 1.11 bits per heavy atom. The van der Waals surface area contributed by atoms with E-state index in [9.17, 15) is 13.2 Å². The number of carbonyl (C=O) groups is 1. The van der Waals surface area contributed by atoms with Crippen molar-refractivity contribution < 1.29 is 17.9 Å². The van der Waals surface area contributed by atoms with Gasteiger partial charge in [0.05, 0.1) is 19.1 Å². The number of rotatable bonds is 9. The fourth-order valence-corrected chi connectivity index (χ4v) is 3.98. The average Bonchev–Trinajstić information content (AvgIpc) is 2.64. The van der Waals surface area contributed by atoms with Gasteiger partial charge >= 0.3 is 0 Å². The maximum absolute atomic E-state index is 12.4. The smallest absolute Gasteiger partial charge is 0.232 e. The number of amides is 1. The molecular weight excluding hydrogens is 376 g/mol. The quantitative estimate of drug-likeness (QED) is 0.685. The molecule has 0 unspecified atom stereocenters. The second-order valence-corrected chi connectivity index (χ2v) is 8.81. The maximum Gasteiger partial charge on any atom is 0.232 e. The Bertz CT molecular complexity index is 910. The third kappa shape index (κ3) is 5.73. The van der Waals surface area contributed by atoms with Crippen LogP contribution in [-0.4, -0.2) is 34.2 Å². The van der Waals surface area contributed by atoms with Crippen LogP contribution >= 0.6 is 0 Å². The number of ether oxygens (including phenoxy) is 1. The highest BCUT2D eigenvalue weighted by Crippen LogP contribution is 2.30. The van der Waals surface area contributed by atoms with Crippen LogP contribution < -0.4 is 14.4 Å². The van der Waals surface area contributed by atoms with Gasteiger partial charge in [-0.2, -0.15) is 0 Å². The first-order valence-electron chi connectivity index (χ1n) is 9.23. The largest absolute Gasteiger partial charge is 0.495 e. The van der Waals surface area contributed by atoms with Gasteiger partial charge in [-0.25, -0.2) is 8.42 Å². The molecule has 28 heavy (non-hydrogen) atoms. The van der Waals surface area contributed by atoms with E-state index in [2.05, 4.69) is 19.2 Å². The number of methoxy groups -OCH3 is 1. The first-order valence-corrected chi connectivity index (χ1v) is 11.1. The molecule has 0 atom stereocenters.